The van der Waals surface area contributed by atoms with E-state index < -0.39 is 40.5 Å². The molecule has 0 radical (unpaired) electrons. The first-order valence-electron chi connectivity index (χ1n) is 5.85. The van der Waals surface area contributed by atoms with Gasteiger partial charge in [-0.3, -0.25) is 5.32 Å². The molecule has 8 heteroatoms. The van der Waals surface area contributed by atoms with Gasteiger partial charge in [-0.2, -0.15) is 0 Å². The number of benzene rings is 1. The summed E-state index contributed by atoms with van der Waals surface area (Å²) in [6.45, 7) is 4.84. The minimum atomic E-state index is -1.53. The van der Waals surface area contributed by atoms with Crippen LogP contribution in [0.1, 0.15) is 41.5 Å². The summed E-state index contributed by atoms with van der Waals surface area (Å²) in [6, 6.07) is 1.73. The van der Waals surface area contributed by atoms with E-state index >= 15 is 0 Å². The summed E-state index contributed by atoms with van der Waals surface area (Å²) in [7, 11) is 0. The van der Waals surface area contributed by atoms with E-state index in [-0.39, 0.29) is 5.69 Å². The summed E-state index contributed by atoms with van der Waals surface area (Å²) in [4.78, 5) is 33.5. The molecule has 0 bridgehead atoms. The molecule has 1 rings (SSSR count). The van der Waals surface area contributed by atoms with Crippen LogP contribution in [0.3, 0.4) is 0 Å². The Hall–Kier alpha value is -2.77. The van der Waals surface area contributed by atoms with E-state index in [1.54, 1.807) is 20.8 Å². The molecule has 0 unspecified atom stereocenters. The average molecular weight is 297 g/mol. The van der Waals surface area contributed by atoms with Crippen molar-refractivity contribution < 1.29 is 34.4 Å². The number of rotatable bonds is 3. The Labute approximate surface area is 120 Å². The zero-order valence-corrected chi connectivity index (χ0v) is 11.6. The topological polar surface area (TPSA) is 133 Å². The van der Waals surface area contributed by atoms with Gasteiger partial charge in [0.2, 0.25) is 0 Å². The second-order valence-corrected chi connectivity index (χ2v) is 5.16. The SMILES string of the molecule is CC(C)(C)OC(=O)Nc1cc(C(=O)O)cc(C(=O)O)c1O. The number of carboxylic acids is 2. The van der Waals surface area contributed by atoms with Gasteiger partial charge in [0.25, 0.3) is 0 Å². The van der Waals surface area contributed by atoms with Crippen LogP contribution >= 0.6 is 0 Å². The summed E-state index contributed by atoms with van der Waals surface area (Å²) in [6.07, 6.45) is -0.948. The Morgan fingerprint density at radius 3 is 2.10 bits per heavy atom. The molecule has 1 amide bonds. The molecule has 0 aliphatic rings. The van der Waals surface area contributed by atoms with E-state index in [4.69, 9.17) is 14.9 Å². The first-order chi connectivity index (χ1) is 9.51. The predicted molar refractivity (Wildman–Crippen MR) is 71.9 cm³/mol. The second-order valence-electron chi connectivity index (χ2n) is 5.16. The lowest BCUT2D eigenvalue weighted by molar-refractivity contribution is 0.0628. The maximum Gasteiger partial charge on any atom is 0.412 e. The molecule has 0 aromatic heterocycles. The number of aromatic hydroxyl groups is 1. The van der Waals surface area contributed by atoms with Crippen molar-refractivity contribution in [3.8, 4) is 5.75 Å². The van der Waals surface area contributed by atoms with Gasteiger partial charge in [-0.1, -0.05) is 0 Å². The van der Waals surface area contributed by atoms with Gasteiger partial charge in [0.05, 0.1) is 11.3 Å². The molecule has 0 spiro atoms. The van der Waals surface area contributed by atoms with Crippen molar-refractivity contribution in [2.45, 2.75) is 26.4 Å². The molecule has 0 saturated heterocycles. The molecule has 8 nitrogen and oxygen atoms in total. The van der Waals surface area contributed by atoms with Gasteiger partial charge in [-0.05, 0) is 32.9 Å². The number of carbonyl (C=O) groups is 3. The second kappa shape index (κ2) is 5.70. The number of hydrogen-bond donors (Lipinski definition) is 4. The average Bonchev–Trinajstić information content (AvgIpc) is 2.28. The summed E-state index contributed by atoms with van der Waals surface area (Å²) in [5.41, 5.74) is -2.20. The zero-order chi connectivity index (χ0) is 16.4. The van der Waals surface area contributed by atoms with E-state index in [0.29, 0.717) is 0 Å². The molecular weight excluding hydrogens is 282 g/mol. The van der Waals surface area contributed by atoms with E-state index in [1.165, 1.54) is 0 Å². The fourth-order valence-electron chi connectivity index (χ4n) is 1.43. The van der Waals surface area contributed by atoms with Crippen LogP contribution in [0, 0.1) is 0 Å². The fraction of sp³-hybridized carbons (Fsp3) is 0.308. The van der Waals surface area contributed by atoms with Crippen LogP contribution in [0.15, 0.2) is 12.1 Å². The van der Waals surface area contributed by atoms with Crippen molar-refractivity contribution in [1.29, 1.82) is 0 Å². The first-order valence-corrected chi connectivity index (χ1v) is 5.85. The molecule has 0 heterocycles. The summed E-state index contributed by atoms with van der Waals surface area (Å²) >= 11 is 0. The smallest absolute Gasteiger partial charge is 0.412 e. The molecule has 1 aromatic rings. The third-order valence-electron chi connectivity index (χ3n) is 2.22. The van der Waals surface area contributed by atoms with Crippen LogP contribution in [0.25, 0.3) is 0 Å². The van der Waals surface area contributed by atoms with Crippen LogP contribution in [0.2, 0.25) is 0 Å². The largest absolute Gasteiger partial charge is 0.505 e. The lowest BCUT2D eigenvalue weighted by atomic mass is 10.1. The van der Waals surface area contributed by atoms with E-state index in [9.17, 15) is 19.5 Å². The van der Waals surface area contributed by atoms with Crippen molar-refractivity contribution in [3.63, 3.8) is 0 Å². The molecule has 0 aliphatic heterocycles. The van der Waals surface area contributed by atoms with Crippen molar-refractivity contribution in [2.75, 3.05) is 5.32 Å². The summed E-state index contributed by atoms with van der Waals surface area (Å²) in [5.74, 6) is -3.68. The van der Waals surface area contributed by atoms with Crippen LogP contribution < -0.4 is 5.32 Å². The summed E-state index contributed by atoms with van der Waals surface area (Å²) in [5, 5.41) is 29.7. The number of carboxylic acid groups (broad SMARTS) is 2. The van der Waals surface area contributed by atoms with Gasteiger partial charge in [0.15, 0.2) is 5.75 Å². The molecule has 0 aliphatic carbocycles. The van der Waals surface area contributed by atoms with E-state index in [2.05, 4.69) is 5.32 Å². The number of phenols is 1. The highest BCUT2D eigenvalue weighted by Gasteiger charge is 2.22. The van der Waals surface area contributed by atoms with Gasteiger partial charge in [-0.15, -0.1) is 0 Å². The zero-order valence-electron chi connectivity index (χ0n) is 11.6. The highest BCUT2D eigenvalue weighted by atomic mass is 16.6. The molecule has 21 heavy (non-hydrogen) atoms. The highest BCUT2D eigenvalue weighted by Crippen LogP contribution is 2.30. The number of amides is 1. The van der Waals surface area contributed by atoms with Crippen molar-refractivity contribution in [2.24, 2.45) is 0 Å². The minimum Gasteiger partial charge on any atom is -0.505 e. The van der Waals surface area contributed by atoms with Crippen LogP contribution in [0.5, 0.6) is 5.75 Å². The molecular formula is C13H15NO7. The molecule has 0 saturated carbocycles. The number of nitrogens with one attached hydrogen (secondary N) is 1. The number of hydrogen-bond acceptors (Lipinski definition) is 5. The Morgan fingerprint density at radius 2 is 1.67 bits per heavy atom. The van der Waals surface area contributed by atoms with Gasteiger partial charge in [0, 0.05) is 0 Å². The quantitative estimate of drug-likeness (QED) is 0.628. The van der Waals surface area contributed by atoms with Crippen LogP contribution in [0.4, 0.5) is 10.5 Å². The Balaban J connectivity index is 3.20. The monoisotopic (exact) mass is 297 g/mol. The number of carbonyl (C=O) groups excluding carboxylic acids is 1. The number of aromatic carboxylic acids is 2. The summed E-state index contributed by atoms with van der Waals surface area (Å²) < 4.78 is 4.94. The number of anilines is 1. The van der Waals surface area contributed by atoms with Gasteiger partial charge in [0.1, 0.15) is 11.2 Å². The fourth-order valence-corrected chi connectivity index (χ4v) is 1.43. The predicted octanol–water partition coefficient (Wildman–Crippen LogP) is 2.14. The van der Waals surface area contributed by atoms with E-state index in [0.717, 1.165) is 12.1 Å². The molecule has 0 fully saturated rings. The van der Waals surface area contributed by atoms with Crippen molar-refractivity contribution in [1.82, 2.24) is 0 Å². The molecule has 4 N–H and O–H groups in total. The molecule has 114 valence electrons. The van der Waals surface area contributed by atoms with Crippen LogP contribution in [-0.4, -0.2) is 39.0 Å². The highest BCUT2D eigenvalue weighted by molar-refractivity contribution is 6.00. The van der Waals surface area contributed by atoms with Crippen molar-refractivity contribution >= 4 is 23.7 Å². The first kappa shape index (κ1) is 16.3. The van der Waals surface area contributed by atoms with E-state index in [1.807, 2.05) is 0 Å². The lowest BCUT2D eigenvalue weighted by Gasteiger charge is -2.20. The lowest BCUT2D eigenvalue weighted by Crippen LogP contribution is -2.27. The van der Waals surface area contributed by atoms with Gasteiger partial charge >= 0.3 is 18.0 Å². The normalized spacial score (nSPS) is 10.8. The Morgan fingerprint density at radius 1 is 1.10 bits per heavy atom. The molecule has 1 aromatic carbocycles. The third kappa shape index (κ3) is 4.37. The Bertz CT molecular complexity index is 601. The molecule has 0 atom stereocenters. The van der Waals surface area contributed by atoms with Gasteiger partial charge < -0.3 is 20.1 Å². The maximum absolute atomic E-state index is 11.6. The Kier molecular flexibility index (Phi) is 4.42. The number of ether oxygens (including phenoxy) is 1. The third-order valence-corrected chi connectivity index (χ3v) is 2.22. The van der Waals surface area contributed by atoms with Gasteiger partial charge in [-0.25, -0.2) is 14.4 Å². The maximum atomic E-state index is 11.6. The minimum absolute atomic E-state index is 0.360. The van der Waals surface area contributed by atoms with Crippen LogP contribution in [-0.2, 0) is 4.74 Å². The van der Waals surface area contributed by atoms with Crippen molar-refractivity contribution in [3.05, 3.63) is 23.3 Å². The standard InChI is InChI=1S/C13H15NO7/c1-13(2,3)21-12(20)14-8-5-6(10(16)17)4-7(9(8)15)11(18)19/h4-5,15H,1-3H3,(H,14,20)(H,16,17)(H,18,19).